The van der Waals surface area contributed by atoms with E-state index in [1.165, 1.54) is 32.4 Å². The maximum absolute atomic E-state index is 12.9. The summed E-state index contributed by atoms with van der Waals surface area (Å²) in [5.41, 5.74) is 2.13. The van der Waals surface area contributed by atoms with E-state index in [9.17, 15) is 13.5 Å². The Morgan fingerprint density at radius 3 is 2.07 bits per heavy atom. The van der Waals surface area contributed by atoms with Crippen LogP contribution in [-0.2, 0) is 10.0 Å². The number of ether oxygens (including phenoxy) is 2. The molecule has 0 fully saturated rings. The minimum Gasteiger partial charge on any atom is -0.493 e. The summed E-state index contributed by atoms with van der Waals surface area (Å²) in [6.07, 6.45) is -1.06. The highest BCUT2D eigenvalue weighted by Gasteiger charge is 2.23. The Bertz CT molecular complexity index is 1080. The summed E-state index contributed by atoms with van der Waals surface area (Å²) in [4.78, 5) is 0.123. The standard InChI is InChI=1S/C22H23NO5S/c1-15-9-11-17(12-10-15)29(25,26)23-19-14-21(28-3)20(27-2)13-18(19)22(24)16-7-5-4-6-8-16/h4-14,22-24H,1-3H3. The molecule has 1 atom stereocenters. The number of anilines is 1. The second kappa shape index (κ2) is 8.55. The van der Waals surface area contributed by atoms with Crippen LogP contribution < -0.4 is 14.2 Å². The summed E-state index contributed by atoms with van der Waals surface area (Å²) in [5, 5.41) is 10.9. The molecule has 1 unspecified atom stereocenters. The van der Waals surface area contributed by atoms with Crippen LogP contribution in [0.4, 0.5) is 5.69 Å². The van der Waals surface area contributed by atoms with E-state index in [0.29, 0.717) is 22.6 Å². The number of benzene rings is 3. The lowest BCUT2D eigenvalue weighted by molar-refractivity contribution is 0.220. The van der Waals surface area contributed by atoms with Gasteiger partial charge >= 0.3 is 0 Å². The van der Waals surface area contributed by atoms with Crippen LogP contribution >= 0.6 is 0 Å². The Hall–Kier alpha value is -3.03. The normalized spacial score (nSPS) is 12.3. The number of hydrogen-bond acceptors (Lipinski definition) is 5. The van der Waals surface area contributed by atoms with Gasteiger partial charge in [0.1, 0.15) is 6.10 Å². The number of aryl methyl sites for hydroxylation is 1. The lowest BCUT2D eigenvalue weighted by Crippen LogP contribution is -2.16. The number of methoxy groups -OCH3 is 2. The van der Waals surface area contributed by atoms with Crippen LogP contribution in [0.2, 0.25) is 0 Å². The number of rotatable bonds is 7. The van der Waals surface area contributed by atoms with E-state index in [1.807, 2.05) is 13.0 Å². The zero-order valence-electron chi connectivity index (χ0n) is 16.4. The van der Waals surface area contributed by atoms with Gasteiger partial charge in [-0.3, -0.25) is 4.72 Å². The molecule has 0 aliphatic heterocycles. The molecule has 29 heavy (non-hydrogen) atoms. The second-order valence-electron chi connectivity index (χ2n) is 6.53. The summed E-state index contributed by atoms with van der Waals surface area (Å²) in [6.45, 7) is 1.88. The molecular weight excluding hydrogens is 390 g/mol. The molecule has 0 aromatic heterocycles. The van der Waals surface area contributed by atoms with Crippen molar-refractivity contribution in [1.29, 1.82) is 0 Å². The number of nitrogens with one attached hydrogen (secondary N) is 1. The molecule has 0 saturated heterocycles. The van der Waals surface area contributed by atoms with Gasteiger partial charge in [0.05, 0.1) is 24.8 Å². The highest BCUT2D eigenvalue weighted by atomic mass is 32.2. The first-order chi connectivity index (χ1) is 13.9. The average Bonchev–Trinajstić information content (AvgIpc) is 2.73. The van der Waals surface area contributed by atoms with Gasteiger partial charge in [-0.15, -0.1) is 0 Å². The molecule has 0 amide bonds. The Balaban J connectivity index is 2.09. The fourth-order valence-electron chi connectivity index (χ4n) is 2.95. The summed E-state index contributed by atoms with van der Waals surface area (Å²) in [5.74, 6) is 0.730. The molecule has 0 bridgehead atoms. The zero-order chi connectivity index (χ0) is 21.0. The zero-order valence-corrected chi connectivity index (χ0v) is 17.2. The monoisotopic (exact) mass is 413 g/mol. The average molecular weight is 413 g/mol. The van der Waals surface area contributed by atoms with Crippen molar-refractivity contribution in [3.8, 4) is 11.5 Å². The molecule has 152 valence electrons. The van der Waals surface area contributed by atoms with E-state index >= 15 is 0 Å². The molecule has 3 aromatic rings. The van der Waals surface area contributed by atoms with Crippen LogP contribution in [0.15, 0.2) is 71.6 Å². The molecule has 0 radical (unpaired) electrons. The molecule has 0 saturated carbocycles. The van der Waals surface area contributed by atoms with Gasteiger partial charge in [-0.25, -0.2) is 8.42 Å². The van der Waals surface area contributed by atoms with Crippen LogP contribution in [0, 0.1) is 6.92 Å². The van der Waals surface area contributed by atoms with E-state index < -0.39 is 16.1 Å². The lowest BCUT2D eigenvalue weighted by Gasteiger charge is -2.20. The van der Waals surface area contributed by atoms with Crippen LogP contribution in [0.1, 0.15) is 22.8 Å². The fraction of sp³-hybridized carbons (Fsp3) is 0.182. The van der Waals surface area contributed by atoms with Crippen LogP contribution in [0.5, 0.6) is 11.5 Å². The van der Waals surface area contributed by atoms with Crippen molar-refractivity contribution in [2.45, 2.75) is 17.9 Å². The van der Waals surface area contributed by atoms with Crippen LogP contribution in [0.25, 0.3) is 0 Å². The number of aliphatic hydroxyl groups excluding tert-OH is 1. The quantitative estimate of drug-likeness (QED) is 0.614. The van der Waals surface area contributed by atoms with E-state index in [0.717, 1.165) is 5.56 Å². The van der Waals surface area contributed by atoms with E-state index in [2.05, 4.69) is 4.72 Å². The Morgan fingerprint density at radius 2 is 1.48 bits per heavy atom. The fourth-order valence-corrected chi connectivity index (χ4v) is 4.02. The summed E-state index contributed by atoms with van der Waals surface area (Å²) < 4.78 is 39.0. The van der Waals surface area contributed by atoms with Gasteiger partial charge in [-0.1, -0.05) is 48.0 Å². The molecule has 6 nitrogen and oxygen atoms in total. The molecule has 7 heteroatoms. The van der Waals surface area contributed by atoms with Gasteiger partial charge in [-0.2, -0.15) is 0 Å². The van der Waals surface area contributed by atoms with Crippen molar-refractivity contribution >= 4 is 15.7 Å². The van der Waals surface area contributed by atoms with Gasteiger partial charge in [-0.05, 0) is 30.7 Å². The lowest BCUT2D eigenvalue weighted by atomic mass is 9.99. The largest absolute Gasteiger partial charge is 0.493 e. The Labute approximate surface area is 170 Å². The van der Waals surface area contributed by atoms with Gasteiger partial charge in [0.15, 0.2) is 11.5 Å². The molecule has 0 heterocycles. The third-order valence-electron chi connectivity index (χ3n) is 4.54. The maximum Gasteiger partial charge on any atom is 0.261 e. The molecular formula is C22H23NO5S. The van der Waals surface area contributed by atoms with Crippen molar-refractivity contribution < 1.29 is 23.0 Å². The number of hydrogen-bond donors (Lipinski definition) is 2. The van der Waals surface area contributed by atoms with E-state index in [-0.39, 0.29) is 10.6 Å². The first-order valence-corrected chi connectivity index (χ1v) is 10.4. The van der Waals surface area contributed by atoms with Crippen molar-refractivity contribution in [1.82, 2.24) is 0 Å². The molecule has 3 aromatic carbocycles. The molecule has 0 aliphatic rings. The summed E-state index contributed by atoms with van der Waals surface area (Å²) in [6, 6.07) is 18.6. The molecule has 3 rings (SSSR count). The Morgan fingerprint density at radius 1 is 0.897 bits per heavy atom. The first kappa shape index (κ1) is 20.7. The third-order valence-corrected chi connectivity index (χ3v) is 5.92. The number of aliphatic hydroxyl groups is 1. The van der Waals surface area contributed by atoms with Gasteiger partial charge in [0, 0.05) is 11.6 Å². The van der Waals surface area contributed by atoms with Crippen molar-refractivity contribution in [2.75, 3.05) is 18.9 Å². The van der Waals surface area contributed by atoms with Gasteiger partial charge < -0.3 is 14.6 Å². The summed E-state index contributed by atoms with van der Waals surface area (Å²) in [7, 11) is -0.930. The molecule has 0 aliphatic carbocycles. The SMILES string of the molecule is COc1cc(NS(=O)(=O)c2ccc(C)cc2)c(C(O)c2ccccc2)cc1OC. The van der Waals surface area contributed by atoms with Crippen molar-refractivity contribution in [3.63, 3.8) is 0 Å². The smallest absolute Gasteiger partial charge is 0.261 e. The summed E-state index contributed by atoms with van der Waals surface area (Å²) >= 11 is 0. The van der Waals surface area contributed by atoms with Gasteiger partial charge in [0.25, 0.3) is 10.0 Å². The van der Waals surface area contributed by atoms with Gasteiger partial charge in [0.2, 0.25) is 0 Å². The number of sulfonamides is 1. The topological polar surface area (TPSA) is 84.9 Å². The highest BCUT2D eigenvalue weighted by molar-refractivity contribution is 7.92. The van der Waals surface area contributed by atoms with Crippen LogP contribution in [0.3, 0.4) is 0 Å². The van der Waals surface area contributed by atoms with E-state index in [4.69, 9.17) is 9.47 Å². The Kier molecular flexibility index (Phi) is 6.10. The predicted molar refractivity (Wildman–Crippen MR) is 112 cm³/mol. The van der Waals surface area contributed by atoms with Crippen molar-refractivity contribution in [2.24, 2.45) is 0 Å². The molecule has 0 spiro atoms. The van der Waals surface area contributed by atoms with Crippen LogP contribution in [-0.4, -0.2) is 27.7 Å². The minimum absolute atomic E-state index is 0.123. The van der Waals surface area contributed by atoms with E-state index in [1.54, 1.807) is 42.5 Å². The minimum atomic E-state index is -3.87. The maximum atomic E-state index is 12.9. The third kappa shape index (κ3) is 4.52. The predicted octanol–water partition coefficient (Wildman–Crippen LogP) is 3.89. The molecule has 2 N–H and O–H groups in total. The van der Waals surface area contributed by atoms with Crippen molar-refractivity contribution in [3.05, 3.63) is 83.4 Å². The highest BCUT2D eigenvalue weighted by Crippen LogP contribution is 2.39. The second-order valence-corrected chi connectivity index (χ2v) is 8.21. The first-order valence-electron chi connectivity index (χ1n) is 8.94.